The van der Waals surface area contributed by atoms with Crippen molar-refractivity contribution in [3.8, 4) is 0 Å². The van der Waals surface area contributed by atoms with Gasteiger partial charge in [-0.15, -0.1) is 0 Å². The highest BCUT2D eigenvalue weighted by atomic mass is 16.3. The summed E-state index contributed by atoms with van der Waals surface area (Å²) in [6.45, 7) is 9.88. The Kier molecular flexibility index (Phi) is 5.20. The Morgan fingerprint density at radius 2 is 1.71 bits per heavy atom. The average molecular weight is 295 g/mol. The van der Waals surface area contributed by atoms with Crippen LogP contribution in [0.25, 0.3) is 0 Å². The van der Waals surface area contributed by atoms with E-state index >= 15 is 0 Å². The van der Waals surface area contributed by atoms with Crippen LogP contribution in [-0.4, -0.2) is 84.8 Å². The van der Waals surface area contributed by atoms with E-state index in [1.807, 2.05) is 0 Å². The Labute approximate surface area is 130 Å². The van der Waals surface area contributed by atoms with Crippen LogP contribution >= 0.6 is 0 Å². The van der Waals surface area contributed by atoms with Crippen molar-refractivity contribution < 1.29 is 5.11 Å². The van der Waals surface area contributed by atoms with Gasteiger partial charge in [0.1, 0.15) is 0 Å². The van der Waals surface area contributed by atoms with Crippen molar-refractivity contribution in [3.05, 3.63) is 0 Å². The largest absolute Gasteiger partial charge is 0.395 e. The Hall–Kier alpha value is -0.160. The number of aliphatic hydroxyl groups excluding tert-OH is 1. The molecular weight excluding hydrogens is 262 g/mol. The predicted octanol–water partition coefficient (Wildman–Crippen LogP) is 1.11. The molecule has 1 atom stereocenters. The van der Waals surface area contributed by atoms with E-state index in [1.165, 1.54) is 51.9 Å². The van der Waals surface area contributed by atoms with Crippen LogP contribution in [0, 0.1) is 11.8 Å². The smallest absolute Gasteiger partial charge is 0.0599 e. The van der Waals surface area contributed by atoms with E-state index in [0.717, 1.165) is 31.0 Å². The maximum atomic E-state index is 9.83. The normalized spacial score (nSPS) is 37.6. The maximum Gasteiger partial charge on any atom is 0.0599 e. The third-order valence-electron chi connectivity index (χ3n) is 5.93. The molecule has 0 aromatic carbocycles. The van der Waals surface area contributed by atoms with Crippen LogP contribution in [-0.2, 0) is 0 Å². The van der Waals surface area contributed by atoms with E-state index in [1.54, 1.807) is 0 Å². The highest BCUT2D eigenvalue weighted by Gasteiger charge is 2.34. The molecule has 1 unspecified atom stereocenters. The summed E-state index contributed by atoms with van der Waals surface area (Å²) < 4.78 is 0. The van der Waals surface area contributed by atoms with Gasteiger partial charge in [-0.25, -0.2) is 0 Å². The fourth-order valence-electron chi connectivity index (χ4n) is 4.63. The number of aliphatic hydroxyl groups is 1. The fourth-order valence-corrected chi connectivity index (χ4v) is 4.63. The molecule has 4 nitrogen and oxygen atoms in total. The van der Waals surface area contributed by atoms with Gasteiger partial charge in [0, 0.05) is 51.4 Å². The summed E-state index contributed by atoms with van der Waals surface area (Å²) in [5, 5.41) is 9.83. The minimum Gasteiger partial charge on any atom is -0.395 e. The van der Waals surface area contributed by atoms with Crippen molar-refractivity contribution >= 4 is 0 Å². The lowest BCUT2D eigenvalue weighted by molar-refractivity contribution is -0.0160. The lowest BCUT2D eigenvalue weighted by atomic mass is 9.85. The Balaban J connectivity index is 1.49. The molecule has 2 aliphatic heterocycles. The van der Waals surface area contributed by atoms with E-state index in [-0.39, 0.29) is 0 Å². The second-order valence-corrected chi connectivity index (χ2v) is 7.83. The quantitative estimate of drug-likeness (QED) is 0.841. The van der Waals surface area contributed by atoms with Crippen LogP contribution in [0.5, 0.6) is 0 Å². The second kappa shape index (κ2) is 6.95. The summed E-state index contributed by atoms with van der Waals surface area (Å²) in [5.74, 6) is 1.77. The van der Waals surface area contributed by atoms with Crippen molar-refractivity contribution in [3.63, 3.8) is 0 Å². The molecule has 1 N–H and O–H groups in total. The zero-order valence-corrected chi connectivity index (χ0v) is 13.9. The lowest BCUT2D eigenvalue weighted by Gasteiger charge is -2.48. The molecule has 1 saturated carbocycles. The molecule has 0 amide bonds. The van der Waals surface area contributed by atoms with E-state index in [4.69, 9.17) is 0 Å². The number of nitrogens with zero attached hydrogens (tertiary/aromatic N) is 3. The van der Waals surface area contributed by atoms with Crippen LogP contribution in [0.1, 0.15) is 32.6 Å². The molecule has 3 aliphatic rings. The maximum absolute atomic E-state index is 9.83. The second-order valence-electron chi connectivity index (χ2n) is 7.83. The standard InChI is InChI=1S/C17H33N3O/c1-14-3-5-16(6-4-14)20-8-7-19(12-17(20)13-21)11-15-9-18(2)10-15/h14-17,21H,3-13H2,1-2H3. The molecule has 0 aromatic rings. The first-order valence-electron chi connectivity index (χ1n) is 8.93. The van der Waals surface area contributed by atoms with Gasteiger partial charge in [0.15, 0.2) is 0 Å². The Morgan fingerprint density at radius 1 is 1.00 bits per heavy atom. The summed E-state index contributed by atoms with van der Waals surface area (Å²) in [6, 6.07) is 1.10. The van der Waals surface area contributed by atoms with Crippen molar-refractivity contribution in [1.82, 2.24) is 14.7 Å². The summed E-state index contributed by atoms with van der Waals surface area (Å²) in [7, 11) is 2.20. The third-order valence-corrected chi connectivity index (χ3v) is 5.93. The summed E-state index contributed by atoms with van der Waals surface area (Å²) in [6.07, 6.45) is 5.42. The predicted molar refractivity (Wildman–Crippen MR) is 86.4 cm³/mol. The van der Waals surface area contributed by atoms with Crippen LogP contribution in [0.2, 0.25) is 0 Å². The molecule has 1 aliphatic carbocycles. The van der Waals surface area contributed by atoms with Gasteiger partial charge < -0.3 is 14.9 Å². The van der Waals surface area contributed by atoms with Crippen molar-refractivity contribution in [1.29, 1.82) is 0 Å². The Bertz CT molecular complexity index is 324. The molecule has 21 heavy (non-hydrogen) atoms. The minimum absolute atomic E-state index is 0.327. The van der Waals surface area contributed by atoms with Gasteiger partial charge in [-0.1, -0.05) is 6.92 Å². The number of hydrogen-bond acceptors (Lipinski definition) is 4. The van der Waals surface area contributed by atoms with Crippen molar-refractivity contribution in [2.24, 2.45) is 11.8 Å². The van der Waals surface area contributed by atoms with Crippen molar-refractivity contribution in [2.45, 2.75) is 44.7 Å². The molecule has 0 radical (unpaired) electrons. The molecule has 3 rings (SSSR count). The van der Waals surface area contributed by atoms with Gasteiger partial charge in [-0.2, -0.15) is 0 Å². The third kappa shape index (κ3) is 3.79. The fraction of sp³-hybridized carbons (Fsp3) is 1.00. The number of hydrogen-bond donors (Lipinski definition) is 1. The molecular formula is C17H33N3O. The highest BCUT2D eigenvalue weighted by molar-refractivity contribution is 4.90. The highest BCUT2D eigenvalue weighted by Crippen LogP contribution is 2.29. The molecule has 0 aromatic heterocycles. The topological polar surface area (TPSA) is 30.0 Å². The van der Waals surface area contributed by atoms with Crippen LogP contribution < -0.4 is 0 Å². The Morgan fingerprint density at radius 3 is 2.33 bits per heavy atom. The average Bonchev–Trinajstić information content (AvgIpc) is 2.46. The summed E-state index contributed by atoms with van der Waals surface area (Å²) in [4.78, 5) is 7.63. The van der Waals surface area contributed by atoms with E-state index < -0.39 is 0 Å². The van der Waals surface area contributed by atoms with Crippen LogP contribution in [0.4, 0.5) is 0 Å². The SMILES string of the molecule is CC1CCC(N2CCN(CC3CN(C)C3)CC2CO)CC1. The van der Waals surface area contributed by atoms with Gasteiger partial charge in [0.25, 0.3) is 0 Å². The van der Waals surface area contributed by atoms with E-state index in [9.17, 15) is 5.11 Å². The van der Waals surface area contributed by atoms with E-state index in [0.29, 0.717) is 12.6 Å². The molecule has 3 fully saturated rings. The zero-order chi connectivity index (χ0) is 14.8. The molecule has 4 heteroatoms. The number of rotatable bonds is 4. The van der Waals surface area contributed by atoms with Crippen molar-refractivity contribution in [2.75, 3.05) is 52.9 Å². The first kappa shape index (κ1) is 15.7. The molecule has 2 saturated heterocycles. The van der Waals surface area contributed by atoms with Gasteiger partial charge in [-0.3, -0.25) is 4.90 Å². The molecule has 0 spiro atoms. The van der Waals surface area contributed by atoms with Crippen LogP contribution in [0.15, 0.2) is 0 Å². The van der Waals surface area contributed by atoms with Gasteiger partial charge in [-0.05, 0) is 44.6 Å². The zero-order valence-electron chi connectivity index (χ0n) is 13.9. The summed E-state index contributed by atoms with van der Waals surface area (Å²) >= 11 is 0. The minimum atomic E-state index is 0.327. The summed E-state index contributed by atoms with van der Waals surface area (Å²) in [5.41, 5.74) is 0. The first-order chi connectivity index (χ1) is 10.2. The number of likely N-dealkylation sites (tertiary alicyclic amines) is 1. The lowest BCUT2D eigenvalue weighted by Crippen LogP contribution is -2.60. The number of piperazine rings is 1. The van der Waals surface area contributed by atoms with Gasteiger partial charge >= 0.3 is 0 Å². The van der Waals surface area contributed by atoms with Gasteiger partial charge in [0.05, 0.1) is 6.61 Å². The first-order valence-corrected chi connectivity index (χ1v) is 8.93. The van der Waals surface area contributed by atoms with Crippen LogP contribution in [0.3, 0.4) is 0 Å². The molecule has 0 bridgehead atoms. The van der Waals surface area contributed by atoms with E-state index in [2.05, 4.69) is 28.7 Å². The molecule has 2 heterocycles. The molecule has 122 valence electrons. The van der Waals surface area contributed by atoms with Gasteiger partial charge in [0.2, 0.25) is 0 Å². The monoisotopic (exact) mass is 295 g/mol.